The zero-order chi connectivity index (χ0) is 22.5. The average Bonchev–Trinajstić information content (AvgIpc) is 3.14. The molecule has 0 saturated heterocycles. The van der Waals surface area contributed by atoms with E-state index in [0.717, 1.165) is 36.5 Å². The molecule has 3 N–H and O–H groups in total. The third-order valence-electron chi connectivity index (χ3n) is 5.53. The fraction of sp³-hybridized carbons (Fsp3) is 0.280. The molecule has 1 unspecified atom stereocenters. The van der Waals surface area contributed by atoms with Crippen LogP contribution in [0.5, 0.6) is 0 Å². The largest absolute Gasteiger partial charge is 0.399 e. The predicted molar refractivity (Wildman–Crippen MR) is 133 cm³/mol. The highest BCUT2D eigenvalue weighted by atomic mass is 32.2. The fourth-order valence-electron chi connectivity index (χ4n) is 3.91. The predicted octanol–water partition coefficient (Wildman–Crippen LogP) is 5.27. The highest BCUT2D eigenvalue weighted by Crippen LogP contribution is 2.38. The number of nitrogens with one attached hydrogen (secondary N) is 1. The van der Waals surface area contributed by atoms with Gasteiger partial charge in [0.25, 0.3) is 0 Å². The van der Waals surface area contributed by atoms with E-state index in [-0.39, 0.29) is 11.2 Å². The summed E-state index contributed by atoms with van der Waals surface area (Å²) in [5, 5.41) is 13.3. The van der Waals surface area contributed by atoms with Crippen LogP contribution in [-0.4, -0.2) is 22.6 Å². The maximum Gasteiger partial charge on any atom is 0.238 e. The second kappa shape index (κ2) is 10.2. The molecule has 1 atom stereocenters. The van der Waals surface area contributed by atoms with E-state index >= 15 is 0 Å². The standard InChI is InChI=1S/C25H26N4OS2/c1-2-22(31-19-10-6-9-18(27)13-19)24(30)28-25-21(14-26)20-11-12-29(16-23(20)32-25)15-17-7-4-3-5-8-17/h3-10,13,22H,2,11-12,15-16,27H2,1H3,(H,28,30). The number of amides is 1. The van der Waals surface area contributed by atoms with Crippen LogP contribution in [0.3, 0.4) is 0 Å². The minimum atomic E-state index is -0.253. The molecule has 0 fully saturated rings. The Balaban J connectivity index is 1.47. The fourth-order valence-corrected chi connectivity index (χ4v) is 6.17. The first-order valence-corrected chi connectivity index (χ1v) is 12.4. The topological polar surface area (TPSA) is 82.1 Å². The summed E-state index contributed by atoms with van der Waals surface area (Å²) in [4.78, 5) is 17.6. The molecule has 164 valence electrons. The van der Waals surface area contributed by atoms with Gasteiger partial charge >= 0.3 is 0 Å². The van der Waals surface area contributed by atoms with Crippen LogP contribution < -0.4 is 11.1 Å². The number of nitriles is 1. The highest BCUT2D eigenvalue weighted by molar-refractivity contribution is 8.00. The van der Waals surface area contributed by atoms with Crippen molar-refractivity contribution in [1.82, 2.24) is 4.90 Å². The lowest BCUT2D eigenvalue weighted by atomic mass is 10.0. The summed E-state index contributed by atoms with van der Waals surface area (Å²) in [6.07, 6.45) is 1.51. The van der Waals surface area contributed by atoms with Gasteiger partial charge < -0.3 is 11.1 Å². The monoisotopic (exact) mass is 462 g/mol. The zero-order valence-corrected chi connectivity index (χ0v) is 19.6. The summed E-state index contributed by atoms with van der Waals surface area (Å²) in [5.74, 6) is -0.0730. The van der Waals surface area contributed by atoms with Crippen LogP contribution in [0.15, 0.2) is 59.5 Å². The first-order valence-electron chi connectivity index (χ1n) is 10.7. The number of nitrogens with two attached hydrogens (primary N) is 1. The molecule has 1 aromatic heterocycles. The van der Waals surface area contributed by atoms with Crippen LogP contribution in [0.4, 0.5) is 10.7 Å². The molecule has 1 amide bonds. The number of hydrogen-bond donors (Lipinski definition) is 2. The maximum absolute atomic E-state index is 13.0. The van der Waals surface area contributed by atoms with E-state index in [1.807, 2.05) is 37.3 Å². The Labute approximate surface area is 197 Å². The lowest BCUT2D eigenvalue weighted by Gasteiger charge is -2.26. The molecule has 32 heavy (non-hydrogen) atoms. The molecule has 0 bridgehead atoms. The minimum absolute atomic E-state index is 0.0730. The van der Waals surface area contributed by atoms with Gasteiger partial charge in [-0.25, -0.2) is 0 Å². The summed E-state index contributed by atoms with van der Waals surface area (Å²) in [6, 6.07) is 20.3. The molecule has 0 saturated carbocycles. The number of thiophene rings is 1. The lowest BCUT2D eigenvalue weighted by Crippen LogP contribution is -2.29. The van der Waals surface area contributed by atoms with E-state index < -0.39 is 0 Å². The molecule has 3 aromatic rings. The molecule has 4 rings (SSSR count). The van der Waals surface area contributed by atoms with Gasteiger partial charge in [-0.3, -0.25) is 9.69 Å². The van der Waals surface area contributed by atoms with Gasteiger partial charge in [0, 0.05) is 35.1 Å². The van der Waals surface area contributed by atoms with Crippen molar-refractivity contribution in [3.63, 3.8) is 0 Å². The summed E-state index contributed by atoms with van der Waals surface area (Å²) in [7, 11) is 0. The second-order valence-electron chi connectivity index (χ2n) is 7.84. The number of anilines is 2. The van der Waals surface area contributed by atoms with E-state index in [1.165, 1.54) is 22.2 Å². The number of hydrogen-bond acceptors (Lipinski definition) is 6. The van der Waals surface area contributed by atoms with Gasteiger partial charge in [-0.1, -0.05) is 43.3 Å². The summed E-state index contributed by atoms with van der Waals surface area (Å²) in [6.45, 7) is 4.59. The summed E-state index contributed by atoms with van der Waals surface area (Å²) < 4.78 is 0. The molecule has 1 aliphatic heterocycles. The van der Waals surface area contributed by atoms with Gasteiger partial charge in [-0.15, -0.1) is 23.1 Å². The zero-order valence-electron chi connectivity index (χ0n) is 18.0. The van der Waals surface area contributed by atoms with Crippen LogP contribution in [-0.2, 0) is 24.3 Å². The van der Waals surface area contributed by atoms with Gasteiger partial charge in [0.1, 0.15) is 11.1 Å². The van der Waals surface area contributed by atoms with Crippen LogP contribution in [0.25, 0.3) is 0 Å². The molecule has 1 aliphatic rings. The number of nitrogen functional groups attached to an aromatic ring is 1. The molecular formula is C25H26N4OS2. The Morgan fingerprint density at radius 2 is 2.09 bits per heavy atom. The Morgan fingerprint density at radius 1 is 1.28 bits per heavy atom. The van der Waals surface area contributed by atoms with Crippen molar-refractivity contribution in [1.29, 1.82) is 5.26 Å². The molecule has 0 radical (unpaired) electrons. The lowest BCUT2D eigenvalue weighted by molar-refractivity contribution is -0.115. The van der Waals surface area contributed by atoms with Crippen molar-refractivity contribution < 1.29 is 4.79 Å². The van der Waals surface area contributed by atoms with Crippen LogP contribution in [0.1, 0.15) is 34.9 Å². The molecular weight excluding hydrogens is 436 g/mol. The van der Waals surface area contributed by atoms with Crippen molar-refractivity contribution in [2.24, 2.45) is 0 Å². The Kier molecular flexibility index (Phi) is 7.15. The molecule has 2 aromatic carbocycles. The normalized spacial score (nSPS) is 14.4. The van der Waals surface area contributed by atoms with Gasteiger partial charge in [0.05, 0.1) is 10.8 Å². The number of rotatable bonds is 7. The van der Waals surface area contributed by atoms with Crippen molar-refractivity contribution >= 4 is 39.7 Å². The number of carbonyl (C=O) groups excluding carboxylic acids is 1. The smallest absolute Gasteiger partial charge is 0.238 e. The Morgan fingerprint density at radius 3 is 2.81 bits per heavy atom. The molecule has 0 spiro atoms. The van der Waals surface area contributed by atoms with Gasteiger partial charge in [0.2, 0.25) is 5.91 Å². The number of thioether (sulfide) groups is 1. The number of carbonyl (C=O) groups is 1. The third-order valence-corrected chi connectivity index (χ3v) is 8.02. The maximum atomic E-state index is 13.0. The average molecular weight is 463 g/mol. The van der Waals surface area contributed by atoms with Crippen LogP contribution in [0, 0.1) is 11.3 Å². The van der Waals surface area contributed by atoms with Crippen molar-refractivity contribution in [3.8, 4) is 6.07 Å². The van der Waals surface area contributed by atoms with E-state index in [2.05, 4.69) is 40.6 Å². The summed E-state index contributed by atoms with van der Waals surface area (Å²) >= 11 is 3.04. The number of fused-ring (bicyclic) bond motifs is 1. The van der Waals surface area contributed by atoms with Gasteiger partial charge in [0.15, 0.2) is 0 Å². The second-order valence-corrected chi connectivity index (χ2v) is 10.2. The van der Waals surface area contributed by atoms with Crippen LogP contribution >= 0.6 is 23.1 Å². The number of benzene rings is 2. The molecule has 7 heteroatoms. The quantitative estimate of drug-likeness (QED) is 0.369. The van der Waals surface area contributed by atoms with Crippen molar-refractivity contribution in [2.75, 3.05) is 17.6 Å². The van der Waals surface area contributed by atoms with E-state index in [9.17, 15) is 10.1 Å². The number of nitrogens with zero attached hydrogens (tertiary/aromatic N) is 2. The van der Waals surface area contributed by atoms with E-state index in [4.69, 9.17) is 5.73 Å². The van der Waals surface area contributed by atoms with Gasteiger partial charge in [-0.2, -0.15) is 5.26 Å². The van der Waals surface area contributed by atoms with Crippen molar-refractivity contribution in [3.05, 3.63) is 76.2 Å². The Bertz CT molecular complexity index is 1140. The highest BCUT2D eigenvalue weighted by Gasteiger charge is 2.27. The van der Waals surface area contributed by atoms with E-state index in [0.29, 0.717) is 22.7 Å². The Hall–Kier alpha value is -2.79. The van der Waals surface area contributed by atoms with Crippen molar-refractivity contribution in [2.45, 2.75) is 43.0 Å². The summed E-state index contributed by atoms with van der Waals surface area (Å²) in [5.41, 5.74) is 9.56. The molecule has 2 heterocycles. The minimum Gasteiger partial charge on any atom is -0.399 e. The molecule has 0 aliphatic carbocycles. The first-order chi connectivity index (χ1) is 15.6. The third kappa shape index (κ3) is 5.16. The van der Waals surface area contributed by atoms with Crippen LogP contribution in [0.2, 0.25) is 0 Å². The first kappa shape index (κ1) is 22.4. The molecule has 5 nitrogen and oxygen atoms in total. The van der Waals surface area contributed by atoms with Gasteiger partial charge in [-0.05, 0) is 42.2 Å². The SMILES string of the molecule is CCC(Sc1cccc(N)c1)C(=O)Nc1sc2c(c1C#N)CCN(Cc1ccccc1)C2. The van der Waals surface area contributed by atoms with E-state index in [1.54, 1.807) is 11.3 Å².